The van der Waals surface area contributed by atoms with E-state index in [4.69, 9.17) is 5.11 Å². The van der Waals surface area contributed by atoms with Crippen molar-refractivity contribution in [1.29, 1.82) is 0 Å². The molecule has 2 N–H and O–H groups in total. The zero-order valence-corrected chi connectivity index (χ0v) is 8.78. The molecule has 1 rings (SSSR count). The first-order valence-corrected chi connectivity index (χ1v) is 4.74. The largest absolute Gasteiger partial charge is 0.395 e. The number of hydrogen-bond donors (Lipinski definition) is 2. The van der Waals surface area contributed by atoms with E-state index in [9.17, 15) is 13.6 Å². The molecule has 7 heteroatoms. The molecule has 0 aliphatic rings. The predicted molar refractivity (Wildman–Crippen MR) is 52.0 cm³/mol. The number of rotatable bonds is 5. The Morgan fingerprint density at radius 3 is 2.94 bits per heavy atom. The van der Waals surface area contributed by atoms with Crippen LogP contribution in [0.2, 0.25) is 0 Å². The van der Waals surface area contributed by atoms with Crippen LogP contribution in [0, 0.1) is 6.92 Å². The second kappa shape index (κ2) is 5.55. The maximum Gasteiger partial charge on any atom is 0.280 e. The molecule has 90 valence electrons. The van der Waals surface area contributed by atoms with Crippen molar-refractivity contribution in [2.24, 2.45) is 0 Å². The molecular weight excluding hydrogens is 220 g/mol. The Kier molecular flexibility index (Phi) is 4.36. The first kappa shape index (κ1) is 12.6. The molecule has 1 aromatic rings. The quantitative estimate of drug-likeness (QED) is 0.765. The number of aliphatic hydroxyl groups excluding tert-OH is 1. The lowest BCUT2D eigenvalue weighted by atomic mass is 10.4. The summed E-state index contributed by atoms with van der Waals surface area (Å²) in [5.41, 5.74) is 0.155. The number of hydrogen-bond acceptors (Lipinski definition) is 3. The van der Waals surface area contributed by atoms with Crippen LogP contribution in [0.15, 0.2) is 6.07 Å². The van der Waals surface area contributed by atoms with Gasteiger partial charge in [-0.3, -0.25) is 9.48 Å². The molecule has 16 heavy (non-hydrogen) atoms. The Morgan fingerprint density at radius 1 is 1.69 bits per heavy atom. The number of halogens is 2. The van der Waals surface area contributed by atoms with Crippen LogP contribution in [-0.4, -0.2) is 33.9 Å². The van der Waals surface area contributed by atoms with Gasteiger partial charge in [-0.2, -0.15) is 5.10 Å². The molecule has 0 aliphatic carbocycles. The van der Waals surface area contributed by atoms with Crippen LogP contribution < -0.4 is 5.32 Å². The molecule has 0 aliphatic heterocycles. The van der Waals surface area contributed by atoms with E-state index >= 15 is 0 Å². The van der Waals surface area contributed by atoms with Crippen molar-refractivity contribution in [3.63, 3.8) is 0 Å². The zero-order chi connectivity index (χ0) is 12.1. The minimum atomic E-state index is -2.66. The van der Waals surface area contributed by atoms with Crippen LogP contribution in [0.3, 0.4) is 0 Å². The lowest BCUT2D eigenvalue weighted by Crippen LogP contribution is -2.30. The molecule has 1 amide bonds. The van der Waals surface area contributed by atoms with E-state index in [1.165, 1.54) is 6.07 Å². The highest BCUT2D eigenvalue weighted by molar-refractivity contribution is 5.75. The highest BCUT2D eigenvalue weighted by Crippen LogP contribution is 2.19. The van der Waals surface area contributed by atoms with Gasteiger partial charge in [0.05, 0.1) is 12.3 Å². The Bertz CT molecular complexity index is 366. The summed E-state index contributed by atoms with van der Waals surface area (Å²) in [5, 5.41) is 14.6. The molecule has 0 saturated heterocycles. The Hall–Kier alpha value is -1.50. The minimum absolute atomic E-state index is 0.100. The lowest BCUT2D eigenvalue weighted by molar-refractivity contribution is -0.122. The van der Waals surface area contributed by atoms with E-state index in [1.54, 1.807) is 6.92 Å². The smallest absolute Gasteiger partial charge is 0.280 e. The lowest BCUT2D eigenvalue weighted by Gasteiger charge is -2.06. The van der Waals surface area contributed by atoms with Crippen molar-refractivity contribution in [1.82, 2.24) is 15.1 Å². The Balaban J connectivity index is 2.68. The first-order valence-electron chi connectivity index (χ1n) is 4.74. The number of aryl methyl sites for hydroxylation is 1. The summed E-state index contributed by atoms with van der Waals surface area (Å²) >= 11 is 0. The number of carbonyl (C=O) groups excluding carboxylic acids is 1. The summed E-state index contributed by atoms with van der Waals surface area (Å²) < 4.78 is 26.0. The molecule has 0 atom stereocenters. The molecule has 0 aromatic carbocycles. The van der Waals surface area contributed by atoms with Crippen molar-refractivity contribution < 1.29 is 18.7 Å². The van der Waals surface area contributed by atoms with Crippen LogP contribution in [0.4, 0.5) is 8.78 Å². The van der Waals surface area contributed by atoms with Crippen molar-refractivity contribution in [3.8, 4) is 0 Å². The van der Waals surface area contributed by atoms with Crippen LogP contribution in [-0.2, 0) is 11.3 Å². The van der Waals surface area contributed by atoms with Gasteiger partial charge in [-0.25, -0.2) is 8.78 Å². The number of aliphatic hydroxyl groups is 1. The van der Waals surface area contributed by atoms with Gasteiger partial charge in [0.25, 0.3) is 6.43 Å². The number of carbonyl (C=O) groups is 1. The molecule has 0 unspecified atom stereocenters. The molecule has 0 bridgehead atoms. The molecular formula is C9H13F2N3O2. The van der Waals surface area contributed by atoms with Gasteiger partial charge in [-0.05, 0) is 13.0 Å². The molecule has 0 saturated carbocycles. The topological polar surface area (TPSA) is 67.2 Å². The van der Waals surface area contributed by atoms with E-state index in [0.717, 1.165) is 4.68 Å². The highest BCUT2D eigenvalue weighted by Gasteiger charge is 2.16. The Labute approximate surface area is 91.1 Å². The highest BCUT2D eigenvalue weighted by atomic mass is 19.3. The average molecular weight is 233 g/mol. The van der Waals surface area contributed by atoms with Gasteiger partial charge >= 0.3 is 0 Å². The first-order chi connectivity index (χ1) is 7.54. The number of nitrogens with zero attached hydrogens (tertiary/aromatic N) is 2. The SMILES string of the molecule is Cc1cc(C(F)F)n(CC(=O)NCCO)n1. The van der Waals surface area contributed by atoms with Crippen LogP contribution in [0.25, 0.3) is 0 Å². The van der Waals surface area contributed by atoms with Gasteiger partial charge in [-0.15, -0.1) is 0 Å². The normalized spacial score (nSPS) is 10.8. The van der Waals surface area contributed by atoms with E-state index < -0.39 is 12.3 Å². The standard InChI is InChI=1S/C9H13F2N3O2/c1-6-4-7(9(10)11)14(13-6)5-8(16)12-2-3-15/h4,9,15H,2-3,5H2,1H3,(H,12,16). The van der Waals surface area contributed by atoms with Gasteiger partial charge in [-0.1, -0.05) is 0 Å². The molecule has 5 nitrogen and oxygen atoms in total. The van der Waals surface area contributed by atoms with E-state index in [1.807, 2.05) is 0 Å². The molecule has 1 heterocycles. The summed E-state index contributed by atoms with van der Waals surface area (Å²) in [4.78, 5) is 11.2. The van der Waals surface area contributed by atoms with Crippen molar-refractivity contribution in [2.75, 3.05) is 13.2 Å². The van der Waals surface area contributed by atoms with Gasteiger partial charge in [0.2, 0.25) is 5.91 Å². The summed E-state index contributed by atoms with van der Waals surface area (Å²) in [6, 6.07) is 1.24. The van der Waals surface area contributed by atoms with Gasteiger partial charge in [0.15, 0.2) is 0 Å². The van der Waals surface area contributed by atoms with Crippen molar-refractivity contribution >= 4 is 5.91 Å². The number of aromatic nitrogens is 2. The average Bonchev–Trinajstić information content (AvgIpc) is 2.56. The summed E-state index contributed by atoms with van der Waals surface area (Å²) in [7, 11) is 0. The molecule has 1 aromatic heterocycles. The van der Waals surface area contributed by atoms with E-state index in [-0.39, 0.29) is 25.4 Å². The molecule has 0 fully saturated rings. The number of nitrogens with one attached hydrogen (secondary N) is 1. The zero-order valence-electron chi connectivity index (χ0n) is 8.78. The van der Waals surface area contributed by atoms with Gasteiger partial charge < -0.3 is 10.4 Å². The molecule has 0 spiro atoms. The van der Waals surface area contributed by atoms with Crippen LogP contribution >= 0.6 is 0 Å². The monoisotopic (exact) mass is 233 g/mol. The maximum absolute atomic E-state index is 12.5. The van der Waals surface area contributed by atoms with Crippen molar-refractivity contribution in [3.05, 3.63) is 17.5 Å². The molecule has 0 radical (unpaired) electrons. The van der Waals surface area contributed by atoms with Gasteiger partial charge in [0, 0.05) is 6.54 Å². The predicted octanol–water partition coefficient (Wildman–Crippen LogP) is 0.238. The number of alkyl halides is 2. The fraction of sp³-hybridized carbons (Fsp3) is 0.556. The fourth-order valence-corrected chi connectivity index (χ4v) is 1.26. The third kappa shape index (κ3) is 3.27. The minimum Gasteiger partial charge on any atom is -0.395 e. The number of amides is 1. The van der Waals surface area contributed by atoms with Crippen molar-refractivity contribution in [2.45, 2.75) is 19.9 Å². The summed E-state index contributed by atoms with van der Waals surface area (Å²) in [6.07, 6.45) is -2.66. The second-order valence-corrected chi connectivity index (χ2v) is 3.24. The fourth-order valence-electron chi connectivity index (χ4n) is 1.26. The third-order valence-corrected chi connectivity index (χ3v) is 1.88. The summed E-state index contributed by atoms with van der Waals surface area (Å²) in [6.45, 7) is 1.22. The second-order valence-electron chi connectivity index (χ2n) is 3.24. The summed E-state index contributed by atoms with van der Waals surface area (Å²) in [5.74, 6) is -0.459. The van der Waals surface area contributed by atoms with Gasteiger partial charge in [0.1, 0.15) is 12.2 Å². The third-order valence-electron chi connectivity index (χ3n) is 1.88. The van der Waals surface area contributed by atoms with Crippen LogP contribution in [0.5, 0.6) is 0 Å². The van der Waals surface area contributed by atoms with E-state index in [2.05, 4.69) is 10.4 Å². The van der Waals surface area contributed by atoms with Crippen LogP contribution in [0.1, 0.15) is 17.8 Å². The Morgan fingerprint density at radius 2 is 2.38 bits per heavy atom. The maximum atomic E-state index is 12.5. The van der Waals surface area contributed by atoms with E-state index in [0.29, 0.717) is 5.69 Å².